The highest BCUT2D eigenvalue weighted by molar-refractivity contribution is 7.12. The van der Waals surface area contributed by atoms with Crippen LogP contribution in [-0.2, 0) is 18.3 Å². The van der Waals surface area contributed by atoms with Crippen LogP contribution in [0.2, 0.25) is 0 Å². The fourth-order valence-corrected chi connectivity index (χ4v) is 5.17. The molecule has 3 N–H and O–H groups in total. The van der Waals surface area contributed by atoms with Crippen LogP contribution in [0.25, 0.3) is 11.0 Å². The lowest BCUT2D eigenvalue weighted by atomic mass is 10.0. The number of rotatable bonds is 8. The van der Waals surface area contributed by atoms with Gasteiger partial charge < -0.3 is 29.9 Å². The van der Waals surface area contributed by atoms with Gasteiger partial charge in [0.05, 0.1) is 27.7 Å². The highest BCUT2D eigenvalue weighted by Crippen LogP contribution is 2.36. The minimum Gasteiger partial charge on any atom is -0.488 e. The molecule has 0 saturated carbocycles. The second-order valence-electron chi connectivity index (χ2n) is 9.33. The van der Waals surface area contributed by atoms with E-state index in [1.165, 1.54) is 11.3 Å². The molecule has 3 amide bonds. The number of thiophene rings is 1. The Morgan fingerprint density at radius 2 is 1.97 bits per heavy atom. The molecule has 11 heteroatoms. The van der Waals surface area contributed by atoms with Gasteiger partial charge in [-0.05, 0) is 50.6 Å². The van der Waals surface area contributed by atoms with E-state index in [1.807, 2.05) is 38.3 Å². The first kappa shape index (κ1) is 26.6. The maximum absolute atomic E-state index is 13.5. The van der Waals surface area contributed by atoms with Gasteiger partial charge in [0.2, 0.25) is 5.91 Å². The second-order valence-corrected chi connectivity index (χ2v) is 10.3. The summed E-state index contributed by atoms with van der Waals surface area (Å²) in [6.07, 6.45) is 1.59. The minimum absolute atomic E-state index is 0.111. The molecule has 10 nitrogen and oxygen atoms in total. The third-order valence-electron chi connectivity index (χ3n) is 6.41. The molecule has 0 unspecified atom stereocenters. The monoisotopic (exact) mass is 527 g/mol. The summed E-state index contributed by atoms with van der Waals surface area (Å²) in [4.78, 5) is 45.1. The number of piperidine rings is 1. The summed E-state index contributed by atoms with van der Waals surface area (Å²) < 4.78 is 7.88. The van der Waals surface area contributed by atoms with Crippen LogP contribution >= 0.6 is 11.3 Å². The van der Waals surface area contributed by atoms with Crippen LogP contribution in [-0.4, -0.2) is 69.1 Å². The van der Waals surface area contributed by atoms with Crippen LogP contribution in [0.15, 0.2) is 23.6 Å². The number of likely N-dealkylation sites (tertiary alicyclic amines) is 1. The minimum atomic E-state index is -0.509. The second kappa shape index (κ2) is 11.3. The lowest BCUT2D eigenvalue weighted by Gasteiger charge is -2.32. The Labute approximate surface area is 219 Å². The first-order valence-corrected chi connectivity index (χ1v) is 13.3. The number of aromatic nitrogens is 2. The van der Waals surface area contributed by atoms with Gasteiger partial charge in [-0.3, -0.25) is 14.4 Å². The van der Waals surface area contributed by atoms with Crippen LogP contribution in [0.3, 0.4) is 0 Å². The third kappa shape index (κ3) is 5.62. The number of amides is 3. The maximum Gasteiger partial charge on any atom is 0.272 e. The van der Waals surface area contributed by atoms with E-state index in [-0.39, 0.29) is 29.9 Å². The third-order valence-corrected chi connectivity index (χ3v) is 7.28. The van der Waals surface area contributed by atoms with Crippen molar-refractivity contribution in [1.82, 2.24) is 19.8 Å². The summed E-state index contributed by atoms with van der Waals surface area (Å²) in [5.41, 5.74) is 2.24. The molecule has 1 aliphatic heterocycles. The van der Waals surface area contributed by atoms with Gasteiger partial charge in [0.25, 0.3) is 11.8 Å². The van der Waals surface area contributed by atoms with Crippen molar-refractivity contribution < 1.29 is 24.2 Å². The number of aliphatic hydroxyl groups is 1. The predicted molar refractivity (Wildman–Crippen MR) is 142 cm³/mol. The van der Waals surface area contributed by atoms with Crippen LogP contribution < -0.4 is 15.4 Å². The Bertz CT molecular complexity index is 1290. The van der Waals surface area contributed by atoms with Gasteiger partial charge in [0.1, 0.15) is 12.3 Å². The van der Waals surface area contributed by atoms with Crippen molar-refractivity contribution in [3.63, 3.8) is 0 Å². The smallest absolute Gasteiger partial charge is 0.272 e. The topological polar surface area (TPSA) is 126 Å². The van der Waals surface area contributed by atoms with Crippen LogP contribution in [0.1, 0.15) is 59.5 Å². The molecule has 3 aromatic heterocycles. The van der Waals surface area contributed by atoms with E-state index in [9.17, 15) is 14.4 Å². The number of pyridine rings is 1. The SMILES string of the molecule is CCc1nc2c(cc1NC(=O)c1cccs1)c(OC(C)C)c(C(=O)NC1CCN(C(=O)CO)CC1)n2C. The average Bonchev–Trinajstić information content (AvgIpc) is 3.50. The molecule has 0 atom stereocenters. The van der Waals surface area contributed by atoms with Crippen molar-refractivity contribution in [3.8, 4) is 5.75 Å². The molecule has 4 rings (SSSR count). The number of nitrogens with zero attached hydrogens (tertiary/aromatic N) is 3. The van der Waals surface area contributed by atoms with E-state index in [4.69, 9.17) is 14.8 Å². The first-order valence-electron chi connectivity index (χ1n) is 12.5. The zero-order chi connectivity index (χ0) is 26.7. The molecule has 1 saturated heterocycles. The van der Waals surface area contributed by atoms with E-state index in [1.54, 1.807) is 22.6 Å². The fourth-order valence-electron chi connectivity index (χ4n) is 4.56. The summed E-state index contributed by atoms with van der Waals surface area (Å²) in [5, 5.41) is 17.6. The molecule has 4 heterocycles. The molecule has 198 valence electrons. The molecular weight excluding hydrogens is 494 g/mol. The molecule has 0 aromatic carbocycles. The van der Waals surface area contributed by atoms with E-state index in [0.29, 0.717) is 71.1 Å². The summed E-state index contributed by atoms with van der Waals surface area (Å²) in [5.74, 6) is -0.382. The van der Waals surface area contributed by atoms with E-state index in [2.05, 4.69) is 10.6 Å². The molecule has 3 aromatic rings. The van der Waals surface area contributed by atoms with Gasteiger partial charge in [-0.15, -0.1) is 11.3 Å². The number of fused-ring (bicyclic) bond motifs is 1. The zero-order valence-corrected chi connectivity index (χ0v) is 22.4. The molecule has 1 fully saturated rings. The molecule has 0 aliphatic carbocycles. The van der Waals surface area contributed by atoms with E-state index >= 15 is 0 Å². The number of ether oxygens (including phenoxy) is 1. The lowest BCUT2D eigenvalue weighted by Crippen LogP contribution is -2.47. The van der Waals surface area contributed by atoms with Crippen molar-refractivity contribution in [2.24, 2.45) is 7.05 Å². The van der Waals surface area contributed by atoms with Crippen LogP contribution in [0.4, 0.5) is 5.69 Å². The Hall–Kier alpha value is -3.44. The fraction of sp³-hybridized carbons (Fsp3) is 0.462. The molecule has 1 aliphatic rings. The van der Waals surface area contributed by atoms with E-state index in [0.717, 1.165) is 0 Å². The first-order chi connectivity index (χ1) is 17.7. The Morgan fingerprint density at radius 1 is 1.24 bits per heavy atom. The Balaban J connectivity index is 1.66. The number of aliphatic hydroxyl groups excluding tert-OH is 1. The Kier molecular flexibility index (Phi) is 8.13. The Morgan fingerprint density at radius 3 is 2.57 bits per heavy atom. The van der Waals surface area contributed by atoms with Crippen molar-refractivity contribution in [2.75, 3.05) is 25.0 Å². The van der Waals surface area contributed by atoms with Gasteiger partial charge >= 0.3 is 0 Å². The molecule has 0 spiro atoms. The number of aryl methyl sites for hydroxylation is 2. The summed E-state index contributed by atoms with van der Waals surface area (Å²) in [7, 11) is 1.78. The van der Waals surface area contributed by atoms with Gasteiger partial charge in [-0.1, -0.05) is 13.0 Å². The summed E-state index contributed by atoms with van der Waals surface area (Å²) in [6, 6.07) is 5.31. The summed E-state index contributed by atoms with van der Waals surface area (Å²) in [6.45, 7) is 6.19. The number of carbonyl (C=O) groups excluding carboxylic acids is 3. The standard InChI is InChI=1S/C26H33N5O5S/c1-5-18-19(29-25(34)20-7-6-12-37-20)13-17-23(36-15(2)3)22(30(4)24(17)28-18)26(35)27-16-8-10-31(11-9-16)21(33)14-32/h6-7,12-13,15-16,32H,5,8-11,14H2,1-4H3,(H,27,35)(H,29,34). The largest absolute Gasteiger partial charge is 0.488 e. The van der Waals surface area contributed by atoms with Gasteiger partial charge in [-0.25, -0.2) is 4.98 Å². The van der Waals surface area contributed by atoms with E-state index < -0.39 is 6.61 Å². The number of nitrogens with one attached hydrogen (secondary N) is 2. The summed E-state index contributed by atoms with van der Waals surface area (Å²) >= 11 is 1.36. The predicted octanol–water partition coefficient (Wildman–Crippen LogP) is 2.95. The molecular formula is C26H33N5O5S. The number of anilines is 1. The van der Waals surface area contributed by atoms with Crippen molar-refractivity contribution in [2.45, 2.75) is 52.2 Å². The number of hydrogen-bond acceptors (Lipinski definition) is 7. The quantitative estimate of drug-likeness (QED) is 0.414. The normalized spacial score (nSPS) is 14.3. The highest BCUT2D eigenvalue weighted by Gasteiger charge is 2.29. The number of hydrogen-bond donors (Lipinski definition) is 3. The van der Waals surface area contributed by atoms with Gasteiger partial charge in [-0.2, -0.15) is 0 Å². The highest BCUT2D eigenvalue weighted by atomic mass is 32.1. The van der Waals surface area contributed by atoms with Gasteiger partial charge in [0, 0.05) is 26.2 Å². The lowest BCUT2D eigenvalue weighted by molar-refractivity contribution is -0.135. The zero-order valence-electron chi connectivity index (χ0n) is 21.5. The van der Waals surface area contributed by atoms with Crippen LogP contribution in [0.5, 0.6) is 5.75 Å². The van der Waals surface area contributed by atoms with Crippen LogP contribution in [0, 0.1) is 0 Å². The van der Waals surface area contributed by atoms with Crippen molar-refractivity contribution in [1.29, 1.82) is 0 Å². The van der Waals surface area contributed by atoms with Gasteiger partial charge in [0.15, 0.2) is 11.4 Å². The van der Waals surface area contributed by atoms with Crippen molar-refractivity contribution in [3.05, 3.63) is 39.8 Å². The average molecular weight is 528 g/mol. The maximum atomic E-state index is 13.5. The molecule has 37 heavy (non-hydrogen) atoms. The molecule has 0 bridgehead atoms. The molecule has 0 radical (unpaired) electrons. The van der Waals surface area contributed by atoms with Crippen molar-refractivity contribution >= 4 is 45.8 Å². The number of carbonyl (C=O) groups is 3.